The van der Waals surface area contributed by atoms with E-state index in [4.69, 9.17) is 4.74 Å². The molecule has 5 heteroatoms. The summed E-state index contributed by atoms with van der Waals surface area (Å²) in [6.45, 7) is 2.85. The van der Waals surface area contributed by atoms with Crippen LogP contribution in [0.2, 0.25) is 0 Å². The Morgan fingerprint density at radius 3 is 2.72 bits per heavy atom. The molecule has 1 aliphatic rings. The number of nitrogens with one attached hydrogen (secondary N) is 1. The molecule has 0 saturated heterocycles. The molecule has 1 aromatic rings. The summed E-state index contributed by atoms with van der Waals surface area (Å²) in [6, 6.07) is 0. The number of aliphatic hydroxyl groups excluding tert-OH is 1. The Balaban J connectivity index is 1.90. The van der Waals surface area contributed by atoms with Crippen LogP contribution in [-0.4, -0.2) is 34.8 Å². The fourth-order valence-electron chi connectivity index (χ4n) is 2.41. The van der Waals surface area contributed by atoms with Gasteiger partial charge in [-0.25, -0.2) is 9.97 Å². The van der Waals surface area contributed by atoms with Crippen molar-refractivity contribution in [3.05, 3.63) is 11.9 Å². The molecule has 1 aromatic heterocycles. The number of aromatic nitrogens is 2. The van der Waals surface area contributed by atoms with E-state index in [9.17, 15) is 5.11 Å². The van der Waals surface area contributed by atoms with Crippen molar-refractivity contribution in [2.45, 2.75) is 38.7 Å². The summed E-state index contributed by atoms with van der Waals surface area (Å²) in [5.41, 5.74) is 0.941. The molecule has 0 radical (unpaired) electrons. The van der Waals surface area contributed by atoms with E-state index in [2.05, 4.69) is 15.3 Å². The number of nitrogens with zero attached hydrogens (tertiary/aromatic N) is 2. The molecule has 0 aromatic carbocycles. The molecule has 2 N–H and O–H groups in total. The summed E-state index contributed by atoms with van der Waals surface area (Å²) in [5.74, 6) is 2.08. The highest BCUT2D eigenvalue weighted by Gasteiger charge is 2.19. The van der Waals surface area contributed by atoms with Crippen molar-refractivity contribution < 1.29 is 9.84 Å². The third kappa shape index (κ3) is 3.10. The molecule has 0 bridgehead atoms. The molecule has 0 spiro atoms. The molecule has 18 heavy (non-hydrogen) atoms. The van der Waals surface area contributed by atoms with Gasteiger partial charge in [0.15, 0.2) is 0 Å². The van der Waals surface area contributed by atoms with Crippen molar-refractivity contribution in [3.63, 3.8) is 0 Å². The van der Waals surface area contributed by atoms with Crippen molar-refractivity contribution in [1.82, 2.24) is 9.97 Å². The zero-order chi connectivity index (χ0) is 13.0. The van der Waals surface area contributed by atoms with Crippen LogP contribution in [0.5, 0.6) is 5.88 Å². The lowest BCUT2D eigenvalue weighted by atomic mass is 9.87. The second-order valence-corrected chi connectivity index (χ2v) is 4.91. The molecular formula is C13H21N3O2. The van der Waals surface area contributed by atoms with Gasteiger partial charge in [0.25, 0.3) is 0 Å². The van der Waals surface area contributed by atoms with E-state index < -0.39 is 0 Å². The maximum Gasteiger partial charge on any atom is 0.221 e. The van der Waals surface area contributed by atoms with Crippen LogP contribution in [0.1, 0.15) is 31.2 Å². The normalized spacial score (nSPS) is 23.7. The molecule has 1 saturated carbocycles. The molecule has 1 fully saturated rings. The molecule has 1 heterocycles. The Bertz CT molecular complexity index is 390. The fraction of sp³-hybridized carbons (Fsp3) is 0.692. The van der Waals surface area contributed by atoms with Gasteiger partial charge in [0, 0.05) is 6.54 Å². The minimum Gasteiger partial charge on any atom is -0.481 e. The molecule has 0 atom stereocenters. The molecule has 0 amide bonds. The van der Waals surface area contributed by atoms with E-state index >= 15 is 0 Å². The number of rotatable bonds is 4. The Hall–Kier alpha value is -1.36. The minimum atomic E-state index is -0.0952. The first-order valence-corrected chi connectivity index (χ1v) is 6.48. The van der Waals surface area contributed by atoms with Gasteiger partial charge in [0.05, 0.1) is 18.8 Å². The first kappa shape index (κ1) is 13.1. The van der Waals surface area contributed by atoms with E-state index in [0.717, 1.165) is 43.6 Å². The maximum absolute atomic E-state index is 9.47. The third-order valence-corrected chi connectivity index (χ3v) is 3.61. The van der Waals surface area contributed by atoms with Gasteiger partial charge in [-0.1, -0.05) is 0 Å². The van der Waals surface area contributed by atoms with Crippen LogP contribution in [0.25, 0.3) is 0 Å². The van der Waals surface area contributed by atoms with Gasteiger partial charge >= 0.3 is 0 Å². The minimum absolute atomic E-state index is 0.0952. The Labute approximate surface area is 108 Å². The first-order chi connectivity index (χ1) is 8.70. The Kier molecular flexibility index (Phi) is 4.36. The second-order valence-electron chi connectivity index (χ2n) is 4.91. The van der Waals surface area contributed by atoms with E-state index in [0.29, 0.717) is 11.8 Å². The molecule has 2 rings (SSSR count). The lowest BCUT2D eigenvalue weighted by molar-refractivity contribution is 0.111. The van der Waals surface area contributed by atoms with E-state index in [1.165, 1.54) is 6.33 Å². The topological polar surface area (TPSA) is 67.3 Å². The van der Waals surface area contributed by atoms with Crippen LogP contribution in [0.3, 0.4) is 0 Å². The smallest absolute Gasteiger partial charge is 0.221 e. The van der Waals surface area contributed by atoms with E-state index in [1.54, 1.807) is 7.11 Å². The number of ether oxygens (including phenoxy) is 1. The summed E-state index contributed by atoms with van der Waals surface area (Å²) >= 11 is 0. The Morgan fingerprint density at radius 2 is 2.06 bits per heavy atom. The summed E-state index contributed by atoms with van der Waals surface area (Å²) in [5, 5.41) is 12.8. The molecule has 1 aliphatic carbocycles. The summed E-state index contributed by atoms with van der Waals surface area (Å²) in [7, 11) is 1.61. The molecular weight excluding hydrogens is 230 g/mol. The van der Waals surface area contributed by atoms with E-state index in [-0.39, 0.29) is 6.10 Å². The third-order valence-electron chi connectivity index (χ3n) is 3.61. The van der Waals surface area contributed by atoms with Gasteiger partial charge in [-0.3, -0.25) is 0 Å². The number of hydrogen-bond donors (Lipinski definition) is 2. The van der Waals surface area contributed by atoms with Crippen LogP contribution in [0.15, 0.2) is 6.33 Å². The van der Waals surface area contributed by atoms with Crippen LogP contribution < -0.4 is 10.1 Å². The average Bonchev–Trinajstić information content (AvgIpc) is 2.39. The summed E-state index contributed by atoms with van der Waals surface area (Å²) in [4.78, 5) is 8.29. The SMILES string of the molecule is COc1ncnc(NCC2CCC(O)CC2)c1C. The first-order valence-electron chi connectivity index (χ1n) is 6.48. The van der Waals surface area contributed by atoms with Gasteiger partial charge in [-0.2, -0.15) is 0 Å². The monoisotopic (exact) mass is 251 g/mol. The van der Waals surface area contributed by atoms with Crippen LogP contribution in [0, 0.1) is 12.8 Å². The number of anilines is 1. The predicted octanol–water partition coefficient (Wildman–Crippen LogP) is 1.76. The molecule has 100 valence electrons. The van der Waals surface area contributed by atoms with Gasteiger partial charge < -0.3 is 15.2 Å². The van der Waals surface area contributed by atoms with Crippen LogP contribution in [0.4, 0.5) is 5.82 Å². The lowest BCUT2D eigenvalue weighted by Crippen LogP contribution is -2.24. The quantitative estimate of drug-likeness (QED) is 0.853. The van der Waals surface area contributed by atoms with Gasteiger partial charge in [0.1, 0.15) is 12.1 Å². The molecule has 0 aliphatic heterocycles. The lowest BCUT2D eigenvalue weighted by Gasteiger charge is -2.25. The highest BCUT2D eigenvalue weighted by molar-refractivity contribution is 5.47. The summed E-state index contributed by atoms with van der Waals surface area (Å²) in [6.07, 6.45) is 5.41. The highest BCUT2D eigenvalue weighted by atomic mass is 16.5. The zero-order valence-corrected chi connectivity index (χ0v) is 11.0. The van der Waals surface area contributed by atoms with Crippen LogP contribution >= 0.6 is 0 Å². The van der Waals surface area contributed by atoms with Crippen molar-refractivity contribution in [1.29, 1.82) is 0 Å². The van der Waals surface area contributed by atoms with Crippen molar-refractivity contribution in [2.75, 3.05) is 19.0 Å². The predicted molar refractivity (Wildman–Crippen MR) is 69.8 cm³/mol. The second kappa shape index (κ2) is 6.00. The fourth-order valence-corrected chi connectivity index (χ4v) is 2.41. The number of aliphatic hydroxyl groups is 1. The average molecular weight is 251 g/mol. The van der Waals surface area contributed by atoms with Crippen molar-refractivity contribution in [2.24, 2.45) is 5.92 Å². The number of hydrogen-bond acceptors (Lipinski definition) is 5. The van der Waals surface area contributed by atoms with Gasteiger partial charge in [-0.15, -0.1) is 0 Å². The van der Waals surface area contributed by atoms with Gasteiger partial charge in [0.2, 0.25) is 5.88 Å². The summed E-state index contributed by atoms with van der Waals surface area (Å²) < 4.78 is 5.17. The number of methoxy groups -OCH3 is 1. The molecule has 0 unspecified atom stereocenters. The Morgan fingerprint density at radius 1 is 1.33 bits per heavy atom. The van der Waals surface area contributed by atoms with Crippen LogP contribution in [-0.2, 0) is 0 Å². The maximum atomic E-state index is 9.47. The van der Waals surface area contributed by atoms with Crippen molar-refractivity contribution in [3.8, 4) is 5.88 Å². The molecule has 5 nitrogen and oxygen atoms in total. The van der Waals surface area contributed by atoms with Gasteiger partial charge in [-0.05, 0) is 38.5 Å². The van der Waals surface area contributed by atoms with E-state index in [1.807, 2.05) is 6.92 Å². The van der Waals surface area contributed by atoms with Crippen molar-refractivity contribution >= 4 is 5.82 Å². The largest absolute Gasteiger partial charge is 0.481 e. The zero-order valence-electron chi connectivity index (χ0n) is 11.0. The highest BCUT2D eigenvalue weighted by Crippen LogP contribution is 2.25. The standard InChI is InChI=1S/C13H21N3O2/c1-9-12(15-8-16-13(9)18-2)14-7-10-3-5-11(17)6-4-10/h8,10-11,17H,3-7H2,1-2H3,(H,14,15,16).